The van der Waals surface area contributed by atoms with E-state index < -0.39 is 11.9 Å². The second-order valence-corrected chi connectivity index (χ2v) is 8.34. The maximum absolute atomic E-state index is 12.7. The van der Waals surface area contributed by atoms with Gasteiger partial charge in [0.1, 0.15) is 11.5 Å². The highest BCUT2D eigenvalue weighted by Gasteiger charge is 2.30. The summed E-state index contributed by atoms with van der Waals surface area (Å²) in [4.78, 5) is 41.3. The SMILES string of the molecule is CN1C(=O)/C(=C/c2ccc(-c3ccc(Cl)c(C(=O)O)c3)o2)SC1=Nc1cccc(C(=O)O)c1. The number of halogens is 1. The molecule has 3 aromatic rings. The third-order valence-corrected chi connectivity index (χ3v) is 6.09. The molecule has 0 aliphatic carbocycles. The second-order valence-electron chi connectivity index (χ2n) is 6.93. The topological polar surface area (TPSA) is 120 Å². The number of thioether (sulfide) groups is 1. The van der Waals surface area contributed by atoms with Crippen LogP contribution in [0.1, 0.15) is 26.5 Å². The Morgan fingerprint density at radius 1 is 1.09 bits per heavy atom. The predicted molar refractivity (Wildman–Crippen MR) is 125 cm³/mol. The van der Waals surface area contributed by atoms with E-state index in [1.807, 2.05) is 0 Å². The molecule has 0 bridgehead atoms. The van der Waals surface area contributed by atoms with Crippen molar-refractivity contribution in [3.63, 3.8) is 0 Å². The molecule has 1 saturated heterocycles. The lowest BCUT2D eigenvalue weighted by atomic mass is 10.1. The zero-order chi connectivity index (χ0) is 23.7. The molecule has 0 radical (unpaired) electrons. The molecular weight excluding hydrogens is 468 g/mol. The Kier molecular flexibility index (Phi) is 6.08. The Hall–Kier alpha value is -3.82. The van der Waals surface area contributed by atoms with Gasteiger partial charge in [0.25, 0.3) is 5.91 Å². The standard InChI is InChI=1S/C23H15ClN2O6S/c1-26-20(27)19(33-23(26)25-14-4-2-3-13(9-14)21(28)29)11-15-6-8-18(32-15)12-5-7-17(24)16(10-12)22(30)31/h2-11H,1H3,(H,28,29)(H,30,31)/b19-11-,25-23?. The Balaban J connectivity index is 1.60. The van der Waals surface area contributed by atoms with Gasteiger partial charge in [-0.2, -0.15) is 0 Å². The number of benzene rings is 2. The highest BCUT2D eigenvalue weighted by molar-refractivity contribution is 8.18. The summed E-state index contributed by atoms with van der Waals surface area (Å²) in [6.07, 6.45) is 1.57. The highest BCUT2D eigenvalue weighted by atomic mass is 35.5. The maximum atomic E-state index is 12.7. The first-order chi connectivity index (χ1) is 15.7. The lowest BCUT2D eigenvalue weighted by Crippen LogP contribution is -2.23. The number of carboxylic acids is 2. The van der Waals surface area contributed by atoms with Crippen LogP contribution in [0.4, 0.5) is 5.69 Å². The number of hydrogen-bond donors (Lipinski definition) is 2. The molecule has 2 heterocycles. The number of hydrogen-bond acceptors (Lipinski definition) is 6. The van der Waals surface area contributed by atoms with Crippen LogP contribution in [0.2, 0.25) is 5.02 Å². The molecule has 1 aromatic heterocycles. The summed E-state index contributed by atoms with van der Waals surface area (Å²) in [6, 6.07) is 14.0. The summed E-state index contributed by atoms with van der Waals surface area (Å²) < 4.78 is 5.78. The van der Waals surface area contributed by atoms with Crippen LogP contribution in [0.3, 0.4) is 0 Å². The summed E-state index contributed by atoms with van der Waals surface area (Å²) in [5.74, 6) is -1.68. The van der Waals surface area contributed by atoms with Crippen LogP contribution in [0.25, 0.3) is 17.4 Å². The molecule has 8 nitrogen and oxygen atoms in total. The molecule has 0 atom stereocenters. The first kappa shape index (κ1) is 22.4. The van der Waals surface area contributed by atoms with Crippen molar-refractivity contribution in [2.45, 2.75) is 0 Å². The Morgan fingerprint density at radius 3 is 2.61 bits per heavy atom. The molecule has 0 saturated carbocycles. The molecule has 2 aromatic carbocycles. The molecular formula is C23H15ClN2O6S. The van der Waals surface area contributed by atoms with Crippen molar-refractivity contribution in [2.75, 3.05) is 7.05 Å². The van der Waals surface area contributed by atoms with Crippen LogP contribution in [-0.4, -0.2) is 45.2 Å². The van der Waals surface area contributed by atoms with E-state index in [0.29, 0.717) is 32.8 Å². The first-order valence-electron chi connectivity index (χ1n) is 9.45. The zero-order valence-corrected chi connectivity index (χ0v) is 18.6. The van der Waals surface area contributed by atoms with Crippen LogP contribution in [0.5, 0.6) is 0 Å². The minimum atomic E-state index is -1.15. The summed E-state index contributed by atoms with van der Waals surface area (Å²) in [7, 11) is 1.57. The van der Waals surface area contributed by atoms with Gasteiger partial charge in [0.2, 0.25) is 0 Å². The summed E-state index contributed by atoms with van der Waals surface area (Å²) in [6.45, 7) is 0. The van der Waals surface area contributed by atoms with Crippen molar-refractivity contribution in [1.82, 2.24) is 4.90 Å². The Morgan fingerprint density at radius 2 is 1.88 bits per heavy atom. The van der Waals surface area contributed by atoms with E-state index in [0.717, 1.165) is 11.8 Å². The van der Waals surface area contributed by atoms with Gasteiger partial charge in [0, 0.05) is 18.7 Å². The molecule has 1 fully saturated rings. The van der Waals surface area contributed by atoms with E-state index in [1.54, 1.807) is 43.5 Å². The largest absolute Gasteiger partial charge is 0.478 e. The fourth-order valence-electron chi connectivity index (χ4n) is 3.03. The van der Waals surface area contributed by atoms with Crippen molar-refractivity contribution >= 4 is 58.1 Å². The van der Waals surface area contributed by atoms with E-state index in [-0.39, 0.29) is 22.1 Å². The van der Waals surface area contributed by atoms with Crippen LogP contribution in [0.15, 0.2) is 68.9 Å². The number of nitrogens with zero attached hydrogens (tertiary/aromatic N) is 2. The summed E-state index contributed by atoms with van der Waals surface area (Å²) in [5.41, 5.74) is 1.00. The van der Waals surface area contributed by atoms with Gasteiger partial charge in [-0.05, 0) is 60.3 Å². The van der Waals surface area contributed by atoms with E-state index in [1.165, 1.54) is 29.2 Å². The van der Waals surface area contributed by atoms with Crippen LogP contribution >= 0.6 is 23.4 Å². The molecule has 1 amide bonds. The molecule has 4 rings (SSSR count). The van der Waals surface area contributed by atoms with Crippen molar-refractivity contribution in [3.05, 3.63) is 81.4 Å². The Bertz CT molecular complexity index is 1360. The second kappa shape index (κ2) is 8.97. The first-order valence-corrected chi connectivity index (χ1v) is 10.6. The fraction of sp³-hybridized carbons (Fsp3) is 0.0435. The van der Waals surface area contributed by atoms with Gasteiger partial charge in [-0.3, -0.25) is 9.69 Å². The number of furan rings is 1. The summed E-state index contributed by atoms with van der Waals surface area (Å²) in [5, 5.41) is 18.9. The minimum absolute atomic E-state index is 0.0403. The van der Waals surface area contributed by atoms with E-state index in [9.17, 15) is 19.5 Å². The van der Waals surface area contributed by atoms with Gasteiger partial charge in [0.05, 0.1) is 26.7 Å². The monoisotopic (exact) mass is 482 g/mol. The van der Waals surface area contributed by atoms with E-state index in [2.05, 4.69) is 4.99 Å². The van der Waals surface area contributed by atoms with Crippen molar-refractivity contribution in [1.29, 1.82) is 0 Å². The van der Waals surface area contributed by atoms with Crippen molar-refractivity contribution in [2.24, 2.45) is 4.99 Å². The molecule has 10 heteroatoms. The highest BCUT2D eigenvalue weighted by Crippen LogP contribution is 2.34. The van der Waals surface area contributed by atoms with Crippen LogP contribution in [-0.2, 0) is 4.79 Å². The Labute approximate surface area is 196 Å². The lowest BCUT2D eigenvalue weighted by Gasteiger charge is -2.07. The van der Waals surface area contributed by atoms with Gasteiger partial charge >= 0.3 is 11.9 Å². The molecule has 33 heavy (non-hydrogen) atoms. The normalized spacial score (nSPS) is 16.1. The maximum Gasteiger partial charge on any atom is 0.337 e. The molecule has 1 aliphatic rings. The number of aromatic carboxylic acids is 2. The lowest BCUT2D eigenvalue weighted by molar-refractivity contribution is -0.121. The predicted octanol–water partition coefficient (Wildman–Crippen LogP) is 5.23. The third kappa shape index (κ3) is 4.69. The van der Waals surface area contributed by atoms with Crippen LogP contribution < -0.4 is 0 Å². The van der Waals surface area contributed by atoms with Crippen molar-refractivity contribution < 1.29 is 29.0 Å². The minimum Gasteiger partial charge on any atom is -0.478 e. The molecule has 1 aliphatic heterocycles. The number of aliphatic imine (C=N–C) groups is 1. The number of carbonyl (C=O) groups is 3. The summed E-state index contributed by atoms with van der Waals surface area (Å²) >= 11 is 7.05. The molecule has 0 unspecified atom stereocenters. The average molecular weight is 483 g/mol. The molecule has 2 N–H and O–H groups in total. The van der Waals surface area contributed by atoms with Gasteiger partial charge in [-0.1, -0.05) is 17.7 Å². The average Bonchev–Trinajstić information content (AvgIpc) is 3.35. The molecule has 0 spiro atoms. The fourth-order valence-corrected chi connectivity index (χ4v) is 4.19. The zero-order valence-electron chi connectivity index (χ0n) is 17.0. The number of amidine groups is 1. The van der Waals surface area contributed by atoms with Gasteiger partial charge in [-0.25, -0.2) is 14.6 Å². The van der Waals surface area contributed by atoms with Crippen molar-refractivity contribution in [3.8, 4) is 11.3 Å². The number of carboxylic acid groups (broad SMARTS) is 2. The smallest absolute Gasteiger partial charge is 0.337 e. The number of carbonyl (C=O) groups excluding carboxylic acids is 1. The molecule has 166 valence electrons. The quantitative estimate of drug-likeness (QED) is 0.477. The van der Waals surface area contributed by atoms with Gasteiger partial charge in [0.15, 0.2) is 5.17 Å². The van der Waals surface area contributed by atoms with E-state index in [4.69, 9.17) is 21.1 Å². The number of likely N-dealkylation sites (N-methyl/N-ethyl adjacent to an activating group) is 1. The van der Waals surface area contributed by atoms with E-state index >= 15 is 0 Å². The van der Waals surface area contributed by atoms with Crippen LogP contribution in [0, 0.1) is 0 Å². The van der Waals surface area contributed by atoms with Gasteiger partial charge in [-0.15, -0.1) is 0 Å². The van der Waals surface area contributed by atoms with Gasteiger partial charge < -0.3 is 14.6 Å². The number of amides is 1. The number of rotatable bonds is 5. The third-order valence-electron chi connectivity index (χ3n) is 4.70.